The van der Waals surface area contributed by atoms with Crippen LogP contribution in [0.4, 0.5) is 10.5 Å². The Labute approximate surface area is 76.7 Å². The lowest BCUT2D eigenvalue weighted by Gasteiger charge is -2.06. The highest BCUT2D eigenvalue weighted by Crippen LogP contribution is 2.21. The quantitative estimate of drug-likeness (QED) is 0.659. The van der Waals surface area contributed by atoms with Gasteiger partial charge in [-0.25, -0.2) is 4.79 Å². The van der Waals surface area contributed by atoms with Crippen LogP contribution in [0.5, 0.6) is 0 Å². The van der Waals surface area contributed by atoms with Crippen LogP contribution in [-0.4, -0.2) is 12.2 Å². The number of hydrogen-bond acceptors (Lipinski definition) is 2. The number of ether oxygens (including phenoxy) is 1. The minimum absolute atomic E-state index is 0.0522. The van der Waals surface area contributed by atoms with Gasteiger partial charge in [-0.3, -0.25) is 5.32 Å². The summed E-state index contributed by atoms with van der Waals surface area (Å²) in [4.78, 5) is 11.1. The van der Waals surface area contributed by atoms with Crippen molar-refractivity contribution in [3.63, 3.8) is 0 Å². The molecule has 3 nitrogen and oxygen atoms in total. The normalized spacial score (nSPS) is 21.0. The predicted molar refractivity (Wildman–Crippen MR) is 49.7 cm³/mol. The monoisotopic (exact) mass is 177 g/mol. The molecule has 0 fully saturated rings. The molecule has 0 spiro atoms. The number of fused-ring (bicyclic) bond motifs is 1. The summed E-state index contributed by atoms with van der Waals surface area (Å²) < 4.78 is 5.04. The molecule has 0 radical (unpaired) electrons. The summed E-state index contributed by atoms with van der Waals surface area (Å²) in [5, 5.41) is 2.69. The van der Waals surface area contributed by atoms with Crippen molar-refractivity contribution in [1.29, 1.82) is 0 Å². The van der Waals surface area contributed by atoms with E-state index in [4.69, 9.17) is 4.74 Å². The highest BCUT2D eigenvalue weighted by atomic mass is 16.6. The Morgan fingerprint density at radius 3 is 3.08 bits per heavy atom. The Morgan fingerprint density at radius 2 is 2.23 bits per heavy atom. The van der Waals surface area contributed by atoms with Gasteiger partial charge in [0.05, 0.1) is 0 Å². The maximum Gasteiger partial charge on any atom is 0.411 e. The van der Waals surface area contributed by atoms with E-state index < -0.39 is 0 Å². The van der Waals surface area contributed by atoms with Crippen molar-refractivity contribution in [3.05, 3.63) is 29.8 Å². The van der Waals surface area contributed by atoms with Crippen molar-refractivity contribution in [2.24, 2.45) is 0 Å². The molecule has 2 rings (SSSR count). The average Bonchev–Trinajstić information content (AvgIpc) is 2.20. The number of anilines is 1. The third kappa shape index (κ3) is 1.64. The molecule has 0 aromatic heterocycles. The number of para-hydroxylation sites is 1. The number of hydrogen-bond donors (Lipinski definition) is 1. The first-order chi connectivity index (χ1) is 6.25. The second kappa shape index (κ2) is 3.09. The van der Waals surface area contributed by atoms with E-state index in [1.165, 1.54) is 0 Å². The second-order valence-corrected chi connectivity index (χ2v) is 3.20. The smallest absolute Gasteiger partial charge is 0.411 e. The summed E-state index contributed by atoms with van der Waals surface area (Å²) in [7, 11) is 0. The molecule has 1 aliphatic heterocycles. The summed E-state index contributed by atoms with van der Waals surface area (Å²) in [5.41, 5.74) is 1.98. The van der Waals surface area contributed by atoms with Crippen LogP contribution in [0.1, 0.15) is 12.5 Å². The van der Waals surface area contributed by atoms with Crippen LogP contribution in [0.3, 0.4) is 0 Å². The van der Waals surface area contributed by atoms with Gasteiger partial charge in [0.15, 0.2) is 0 Å². The molecule has 1 aliphatic rings. The maximum atomic E-state index is 11.1. The number of amides is 1. The number of carbonyl (C=O) groups is 1. The van der Waals surface area contributed by atoms with Gasteiger partial charge in [-0.15, -0.1) is 0 Å². The topological polar surface area (TPSA) is 38.3 Å². The van der Waals surface area contributed by atoms with Crippen LogP contribution < -0.4 is 5.32 Å². The largest absolute Gasteiger partial charge is 0.446 e. The highest BCUT2D eigenvalue weighted by Gasteiger charge is 2.17. The van der Waals surface area contributed by atoms with Gasteiger partial charge >= 0.3 is 6.09 Å². The van der Waals surface area contributed by atoms with Crippen LogP contribution in [0, 0.1) is 0 Å². The lowest BCUT2D eigenvalue weighted by atomic mass is 10.1. The van der Waals surface area contributed by atoms with E-state index in [1.807, 2.05) is 31.2 Å². The van der Waals surface area contributed by atoms with E-state index in [0.717, 1.165) is 17.7 Å². The van der Waals surface area contributed by atoms with Crippen LogP contribution in [0.2, 0.25) is 0 Å². The van der Waals surface area contributed by atoms with Gasteiger partial charge in [0.25, 0.3) is 0 Å². The van der Waals surface area contributed by atoms with Gasteiger partial charge in [0.1, 0.15) is 6.10 Å². The van der Waals surface area contributed by atoms with Crippen LogP contribution in [-0.2, 0) is 11.2 Å². The maximum absolute atomic E-state index is 11.1. The summed E-state index contributed by atoms with van der Waals surface area (Å²) in [6, 6.07) is 7.74. The van der Waals surface area contributed by atoms with Gasteiger partial charge in [0, 0.05) is 12.1 Å². The third-order valence-corrected chi connectivity index (χ3v) is 2.07. The lowest BCUT2D eigenvalue weighted by molar-refractivity contribution is 0.123. The molecule has 13 heavy (non-hydrogen) atoms. The Hall–Kier alpha value is -1.51. The van der Waals surface area contributed by atoms with E-state index >= 15 is 0 Å². The molecule has 1 atom stereocenters. The zero-order valence-electron chi connectivity index (χ0n) is 7.41. The fraction of sp³-hybridized carbons (Fsp3) is 0.300. The third-order valence-electron chi connectivity index (χ3n) is 2.07. The van der Waals surface area contributed by atoms with E-state index in [-0.39, 0.29) is 12.2 Å². The number of carbonyl (C=O) groups excluding carboxylic acids is 1. The van der Waals surface area contributed by atoms with Crippen molar-refractivity contribution in [1.82, 2.24) is 0 Å². The van der Waals surface area contributed by atoms with Gasteiger partial charge in [-0.2, -0.15) is 0 Å². The molecule has 1 N–H and O–H groups in total. The van der Waals surface area contributed by atoms with Crippen LogP contribution in [0.25, 0.3) is 0 Å². The number of nitrogens with one attached hydrogen (secondary N) is 1. The Morgan fingerprint density at radius 1 is 1.46 bits per heavy atom. The highest BCUT2D eigenvalue weighted by molar-refractivity contribution is 5.86. The van der Waals surface area contributed by atoms with E-state index in [9.17, 15) is 4.79 Å². The lowest BCUT2D eigenvalue weighted by Crippen LogP contribution is -2.17. The molecule has 1 aromatic carbocycles. The van der Waals surface area contributed by atoms with E-state index in [0.29, 0.717) is 0 Å². The average molecular weight is 177 g/mol. The van der Waals surface area contributed by atoms with E-state index in [1.54, 1.807) is 0 Å². The molecule has 1 unspecified atom stereocenters. The summed E-state index contributed by atoms with van der Waals surface area (Å²) in [6.45, 7) is 1.89. The molecule has 0 bridgehead atoms. The van der Waals surface area contributed by atoms with E-state index in [2.05, 4.69) is 5.32 Å². The van der Waals surface area contributed by atoms with Crippen molar-refractivity contribution < 1.29 is 9.53 Å². The Balaban J connectivity index is 2.38. The van der Waals surface area contributed by atoms with Gasteiger partial charge in [0.2, 0.25) is 0 Å². The number of rotatable bonds is 0. The van der Waals surface area contributed by atoms with Crippen molar-refractivity contribution in [2.45, 2.75) is 19.4 Å². The second-order valence-electron chi connectivity index (χ2n) is 3.20. The first kappa shape index (κ1) is 8.10. The molecular weight excluding hydrogens is 166 g/mol. The van der Waals surface area contributed by atoms with Gasteiger partial charge < -0.3 is 4.74 Å². The minimum Gasteiger partial charge on any atom is -0.446 e. The summed E-state index contributed by atoms with van der Waals surface area (Å²) >= 11 is 0. The SMILES string of the molecule is CC1Cc2ccccc2NC(=O)O1. The number of cyclic esters (lactones) is 1. The predicted octanol–water partition coefficient (Wildman–Crippen LogP) is 2.18. The standard InChI is InChI=1S/C10H11NO2/c1-7-6-8-4-2-3-5-9(8)11-10(12)13-7/h2-5,7H,6H2,1H3,(H,11,12). The minimum atomic E-state index is -0.363. The van der Waals surface area contributed by atoms with Crippen LogP contribution >= 0.6 is 0 Å². The molecular formula is C10H11NO2. The first-order valence-electron chi connectivity index (χ1n) is 4.31. The van der Waals surface area contributed by atoms with Crippen molar-refractivity contribution in [2.75, 3.05) is 5.32 Å². The van der Waals surface area contributed by atoms with Gasteiger partial charge in [-0.05, 0) is 18.6 Å². The molecule has 0 saturated heterocycles. The Kier molecular flexibility index (Phi) is 1.93. The van der Waals surface area contributed by atoms with Crippen molar-refractivity contribution in [3.8, 4) is 0 Å². The van der Waals surface area contributed by atoms with Gasteiger partial charge in [-0.1, -0.05) is 18.2 Å². The molecule has 0 saturated carbocycles. The zero-order valence-corrected chi connectivity index (χ0v) is 7.41. The molecule has 3 heteroatoms. The zero-order chi connectivity index (χ0) is 9.26. The van der Waals surface area contributed by atoms with Crippen molar-refractivity contribution >= 4 is 11.8 Å². The fourth-order valence-electron chi connectivity index (χ4n) is 1.49. The summed E-state index contributed by atoms with van der Waals surface area (Å²) in [5.74, 6) is 0. The number of benzene rings is 1. The molecule has 0 aliphatic carbocycles. The van der Waals surface area contributed by atoms with Crippen LogP contribution in [0.15, 0.2) is 24.3 Å². The molecule has 1 aromatic rings. The summed E-state index contributed by atoms with van der Waals surface area (Å²) in [6.07, 6.45) is 0.357. The molecule has 1 heterocycles. The molecule has 68 valence electrons. The molecule has 1 amide bonds. The fourth-order valence-corrected chi connectivity index (χ4v) is 1.49. The Bertz CT molecular complexity index is 335. The first-order valence-corrected chi connectivity index (χ1v) is 4.31.